The highest BCUT2D eigenvalue weighted by Gasteiger charge is 2.32. The highest BCUT2D eigenvalue weighted by molar-refractivity contribution is 7.80. The Morgan fingerprint density at radius 3 is 2.32 bits per heavy atom. The molecule has 10 N–H and O–H groups in total. The number of carbonyl (C=O) groups excluding carboxylic acids is 3. The van der Waals surface area contributed by atoms with Gasteiger partial charge in [0.1, 0.15) is 18.1 Å². The molecule has 0 saturated heterocycles. The van der Waals surface area contributed by atoms with Gasteiger partial charge in [-0.15, -0.1) is 0 Å². The second-order valence-corrected chi connectivity index (χ2v) is 9.19. The van der Waals surface area contributed by atoms with Gasteiger partial charge in [0.05, 0.1) is 12.1 Å². The summed E-state index contributed by atoms with van der Waals surface area (Å²) in [5, 5.41) is 27.5. The van der Waals surface area contributed by atoms with E-state index in [0.717, 1.165) is 16.5 Å². The third kappa shape index (κ3) is 8.74. The number of carboxylic acids is 1. The number of nitrogens with two attached hydrogens (primary N) is 2. The first kappa shape index (κ1) is 30.1. The third-order valence-corrected chi connectivity index (χ3v) is 6.26. The Labute approximate surface area is 220 Å². The summed E-state index contributed by atoms with van der Waals surface area (Å²) in [6, 6.07) is 2.64. The summed E-state index contributed by atoms with van der Waals surface area (Å²) >= 11 is 3.90. The Kier molecular flexibility index (Phi) is 11.9. The number of hydrogen-bond acceptors (Lipinski definition) is 8. The van der Waals surface area contributed by atoms with Crippen LogP contribution in [-0.4, -0.2) is 81.5 Å². The first-order chi connectivity index (χ1) is 17.6. The lowest BCUT2D eigenvalue weighted by molar-refractivity contribution is -0.142. The zero-order chi connectivity index (χ0) is 27.5. The Morgan fingerprint density at radius 2 is 1.70 bits per heavy atom. The normalized spacial score (nSPS) is 15.3. The number of unbranched alkanes of at least 4 members (excludes halogenated alkanes) is 1. The van der Waals surface area contributed by atoms with E-state index in [1.165, 1.54) is 6.92 Å². The van der Waals surface area contributed by atoms with Crippen LogP contribution in [0.3, 0.4) is 0 Å². The van der Waals surface area contributed by atoms with Crippen molar-refractivity contribution in [3.63, 3.8) is 0 Å². The molecule has 0 aliphatic rings. The summed E-state index contributed by atoms with van der Waals surface area (Å²) in [6.07, 6.45) is 2.16. The zero-order valence-electron chi connectivity index (χ0n) is 20.6. The van der Waals surface area contributed by atoms with Crippen LogP contribution in [-0.2, 0) is 25.6 Å². The van der Waals surface area contributed by atoms with Gasteiger partial charge in [0.15, 0.2) is 0 Å². The van der Waals surface area contributed by atoms with Gasteiger partial charge in [-0.25, -0.2) is 4.79 Å². The van der Waals surface area contributed by atoms with E-state index in [-0.39, 0.29) is 12.2 Å². The van der Waals surface area contributed by atoms with Crippen LogP contribution in [0.4, 0.5) is 0 Å². The molecule has 0 aliphatic heterocycles. The zero-order valence-corrected chi connectivity index (χ0v) is 21.5. The summed E-state index contributed by atoms with van der Waals surface area (Å²) in [7, 11) is 0. The van der Waals surface area contributed by atoms with Crippen molar-refractivity contribution >= 4 is 47.2 Å². The summed E-state index contributed by atoms with van der Waals surface area (Å²) in [4.78, 5) is 53.2. The lowest BCUT2D eigenvalue weighted by Crippen LogP contribution is -2.60. The summed E-state index contributed by atoms with van der Waals surface area (Å²) in [5.41, 5.74) is 13.1. The van der Waals surface area contributed by atoms with E-state index in [1.54, 1.807) is 6.20 Å². The molecule has 0 aliphatic carbocycles. The van der Waals surface area contributed by atoms with E-state index in [4.69, 9.17) is 11.5 Å². The number of hydrogen-bond donors (Lipinski definition) is 9. The third-order valence-electron chi connectivity index (χ3n) is 5.90. The molecule has 204 valence electrons. The minimum atomic E-state index is -1.48. The number of para-hydroxylation sites is 1. The summed E-state index contributed by atoms with van der Waals surface area (Å²) < 4.78 is 0. The fourth-order valence-corrected chi connectivity index (χ4v) is 4.00. The fraction of sp³-hybridized carbons (Fsp3) is 0.500. The maximum absolute atomic E-state index is 13.3. The Bertz CT molecular complexity index is 1080. The molecule has 1 aromatic heterocycles. The van der Waals surface area contributed by atoms with E-state index in [0.29, 0.717) is 25.8 Å². The topological polar surface area (TPSA) is 213 Å². The predicted octanol–water partition coefficient (Wildman–Crippen LogP) is -0.984. The Hall–Kier alpha value is -3.13. The SMILES string of the molecule is CC(O)C(NC(=O)C(Cc1c[nH]c2ccccc12)NC(=O)C(N)CCCCN)C(=O)NC(CS)C(=O)O. The van der Waals surface area contributed by atoms with Crippen LogP contribution in [0.15, 0.2) is 30.5 Å². The van der Waals surface area contributed by atoms with Crippen molar-refractivity contribution in [1.29, 1.82) is 0 Å². The van der Waals surface area contributed by atoms with Crippen molar-refractivity contribution in [1.82, 2.24) is 20.9 Å². The summed E-state index contributed by atoms with van der Waals surface area (Å²) in [6.45, 7) is 1.75. The molecule has 1 heterocycles. The molecule has 37 heavy (non-hydrogen) atoms. The average Bonchev–Trinajstić information content (AvgIpc) is 3.27. The van der Waals surface area contributed by atoms with Crippen molar-refractivity contribution in [2.45, 2.75) is 62.9 Å². The predicted molar refractivity (Wildman–Crippen MR) is 142 cm³/mol. The van der Waals surface area contributed by atoms with Crippen molar-refractivity contribution < 1.29 is 29.4 Å². The lowest BCUT2D eigenvalue weighted by atomic mass is 10.0. The lowest BCUT2D eigenvalue weighted by Gasteiger charge is -2.26. The maximum Gasteiger partial charge on any atom is 0.327 e. The minimum Gasteiger partial charge on any atom is -0.480 e. The first-order valence-corrected chi connectivity index (χ1v) is 12.7. The molecule has 0 saturated carbocycles. The van der Waals surface area contributed by atoms with Crippen LogP contribution in [0.5, 0.6) is 0 Å². The molecule has 5 atom stereocenters. The van der Waals surface area contributed by atoms with Gasteiger partial charge in [-0.1, -0.05) is 24.6 Å². The van der Waals surface area contributed by atoms with Crippen LogP contribution >= 0.6 is 12.6 Å². The second-order valence-electron chi connectivity index (χ2n) is 8.82. The number of H-pyrrole nitrogens is 1. The number of aliphatic hydroxyl groups is 1. The highest BCUT2D eigenvalue weighted by atomic mass is 32.1. The number of carboxylic acid groups (broad SMARTS) is 1. The highest BCUT2D eigenvalue weighted by Crippen LogP contribution is 2.19. The fourth-order valence-electron chi connectivity index (χ4n) is 3.75. The van der Waals surface area contributed by atoms with Crippen molar-refractivity contribution in [3.8, 4) is 0 Å². The number of fused-ring (bicyclic) bond motifs is 1. The molecule has 0 fully saturated rings. The molecular weight excluding hydrogens is 500 g/mol. The first-order valence-electron chi connectivity index (χ1n) is 12.0. The Balaban J connectivity index is 2.25. The standard InChI is InChI=1S/C24H36N6O6S/c1-13(31)20(23(34)29-19(12-37)24(35)36)30-22(33)18(28-21(32)16(26)7-4-5-9-25)10-14-11-27-17-8-3-2-6-15(14)17/h2-3,6,8,11,13,16,18-20,27,31,37H,4-5,7,9-10,12,25-26H2,1H3,(H,28,32)(H,29,34)(H,30,33)(H,35,36). The van der Waals surface area contributed by atoms with Crippen LogP contribution in [0.2, 0.25) is 0 Å². The quantitative estimate of drug-likeness (QED) is 0.102. The number of aromatic nitrogens is 1. The van der Waals surface area contributed by atoms with Gasteiger partial charge < -0.3 is 42.6 Å². The van der Waals surface area contributed by atoms with Crippen LogP contribution in [0.1, 0.15) is 31.7 Å². The minimum absolute atomic E-state index is 0.0691. The van der Waals surface area contributed by atoms with Gasteiger partial charge in [-0.2, -0.15) is 12.6 Å². The maximum atomic E-state index is 13.3. The van der Waals surface area contributed by atoms with Crippen LogP contribution < -0.4 is 27.4 Å². The van der Waals surface area contributed by atoms with E-state index in [9.17, 15) is 29.4 Å². The number of aliphatic hydroxyl groups excluding tert-OH is 1. The number of aromatic amines is 1. The average molecular weight is 537 g/mol. The number of benzene rings is 1. The monoisotopic (exact) mass is 536 g/mol. The van der Waals surface area contributed by atoms with E-state index < -0.39 is 54.0 Å². The molecule has 0 radical (unpaired) electrons. The van der Waals surface area contributed by atoms with Crippen LogP contribution in [0, 0.1) is 0 Å². The molecule has 13 heteroatoms. The molecule has 5 unspecified atom stereocenters. The van der Waals surface area contributed by atoms with Gasteiger partial charge >= 0.3 is 5.97 Å². The largest absolute Gasteiger partial charge is 0.480 e. The van der Waals surface area contributed by atoms with Crippen molar-refractivity contribution in [2.75, 3.05) is 12.3 Å². The van der Waals surface area contributed by atoms with Gasteiger partial charge in [0.2, 0.25) is 17.7 Å². The number of carbonyl (C=O) groups is 4. The van der Waals surface area contributed by atoms with Gasteiger partial charge in [-0.3, -0.25) is 14.4 Å². The number of nitrogens with one attached hydrogen (secondary N) is 4. The number of aliphatic carboxylic acids is 1. The molecule has 2 rings (SSSR count). The van der Waals surface area contributed by atoms with Crippen molar-refractivity contribution in [3.05, 3.63) is 36.0 Å². The number of thiol groups is 1. The smallest absolute Gasteiger partial charge is 0.327 e. The van der Waals surface area contributed by atoms with Gasteiger partial charge in [0, 0.05) is 29.3 Å². The molecule has 3 amide bonds. The molecular formula is C24H36N6O6S. The Morgan fingerprint density at radius 1 is 1.03 bits per heavy atom. The van der Waals surface area contributed by atoms with E-state index >= 15 is 0 Å². The van der Waals surface area contributed by atoms with E-state index in [1.807, 2.05) is 24.3 Å². The molecule has 2 aromatic rings. The second kappa shape index (κ2) is 14.6. The molecule has 1 aromatic carbocycles. The number of amides is 3. The summed E-state index contributed by atoms with van der Waals surface area (Å²) in [5.74, 6) is -3.70. The molecule has 0 spiro atoms. The van der Waals surface area contributed by atoms with Crippen molar-refractivity contribution in [2.24, 2.45) is 11.5 Å². The molecule has 0 bridgehead atoms. The van der Waals surface area contributed by atoms with Gasteiger partial charge in [0.25, 0.3) is 0 Å². The molecule has 12 nitrogen and oxygen atoms in total. The van der Waals surface area contributed by atoms with Gasteiger partial charge in [-0.05, 0) is 37.9 Å². The van der Waals surface area contributed by atoms with Crippen LogP contribution in [0.25, 0.3) is 10.9 Å². The van der Waals surface area contributed by atoms with E-state index in [2.05, 4.69) is 33.6 Å². The number of rotatable bonds is 15.